The molecule has 0 aliphatic carbocycles. The van der Waals surface area contributed by atoms with Crippen LogP contribution in [-0.4, -0.2) is 19.9 Å². The molecule has 2 rings (SSSR count). The van der Waals surface area contributed by atoms with E-state index in [0.717, 1.165) is 0 Å². The van der Waals surface area contributed by atoms with E-state index in [1.807, 2.05) is 0 Å². The molecule has 0 bridgehead atoms. The Labute approximate surface area is 74.4 Å². The molecule has 0 saturated heterocycles. The second-order valence-corrected chi connectivity index (χ2v) is 2.58. The topological polar surface area (TPSA) is 77.0 Å². The number of rotatable bonds is 1. The molecule has 66 valence electrons. The summed E-state index contributed by atoms with van der Waals surface area (Å²) in [6, 6.07) is 4.94. The van der Waals surface area contributed by atoms with Crippen LogP contribution in [0.25, 0.3) is 5.69 Å². The van der Waals surface area contributed by atoms with Gasteiger partial charge in [-0.3, -0.25) is 4.57 Å². The number of phenols is 1. The Morgan fingerprint density at radius 2 is 1.92 bits per heavy atom. The van der Waals surface area contributed by atoms with Gasteiger partial charge in [-0.05, 0) is 12.1 Å². The van der Waals surface area contributed by atoms with Crippen molar-refractivity contribution in [1.29, 1.82) is 0 Å². The zero-order valence-electron chi connectivity index (χ0n) is 6.75. The summed E-state index contributed by atoms with van der Waals surface area (Å²) in [5.74, 6) is 0.111. The molecule has 0 radical (unpaired) electrons. The van der Waals surface area contributed by atoms with Crippen molar-refractivity contribution in [1.82, 2.24) is 14.8 Å². The van der Waals surface area contributed by atoms with Crippen molar-refractivity contribution in [3.63, 3.8) is 0 Å². The van der Waals surface area contributed by atoms with Crippen molar-refractivity contribution in [2.75, 3.05) is 5.73 Å². The summed E-state index contributed by atoms with van der Waals surface area (Å²) in [6.45, 7) is 0. The van der Waals surface area contributed by atoms with Gasteiger partial charge in [0.2, 0.25) is 0 Å². The van der Waals surface area contributed by atoms with Gasteiger partial charge in [0.1, 0.15) is 24.1 Å². The summed E-state index contributed by atoms with van der Waals surface area (Å²) in [5.41, 5.74) is 6.67. The van der Waals surface area contributed by atoms with Gasteiger partial charge in [-0.2, -0.15) is 0 Å². The Bertz CT molecular complexity index is 390. The summed E-state index contributed by atoms with van der Waals surface area (Å²) in [5, 5.41) is 16.8. The number of aromatic nitrogens is 3. The van der Waals surface area contributed by atoms with E-state index < -0.39 is 0 Å². The maximum Gasteiger partial charge on any atom is 0.141 e. The van der Waals surface area contributed by atoms with Crippen molar-refractivity contribution < 1.29 is 5.11 Å². The summed E-state index contributed by atoms with van der Waals surface area (Å²) in [7, 11) is 0. The van der Waals surface area contributed by atoms with Crippen LogP contribution in [0.3, 0.4) is 0 Å². The van der Waals surface area contributed by atoms with Crippen LogP contribution in [0.1, 0.15) is 0 Å². The van der Waals surface area contributed by atoms with Crippen LogP contribution in [0.2, 0.25) is 0 Å². The molecule has 0 fully saturated rings. The number of hydrogen-bond donors (Lipinski definition) is 2. The normalized spacial score (nSPS) is 10.2. The lowest BCUT2D eigenvalue weighted by atomic mass is 10.2. The second kappa shape index (κ2) is 2.78. The Kier molecular flexibility index (Phi) is 1.63. The minimum Gasteiger partial charge on any atom is -0.506 e. The van der Waals surface area contributed by atoms with Crippen molar-refractivity contribution in [3.05, 3.63) is 30.9 Å². The van der Waals surface area contributed by atoms with E-state index in [4.69, 9.17) is 5.73 Å². The third-order valence-electron chi connectivity index (χ3n) is 1.72. The Hall–Kier alpha value is -2.04. The molecule has 0 atom stereocenters. The zero-order chi connectivity index (χ0) is 9.26. The average Bonchev–Trinajstić information content (AvgIpc) is 2.57. The van der Waals surface area contributed by atoms with E-state index in [0.29, 0.717) is 11.4 Å². The van der Waals surface area contributed by atoms with E-state index in [-0.39, 0.29) is 5.75 Å². The highest BCUT2D eigenvalue weighted by molar-refractivity contribution is 5.64. The lowest BCUT2D eigenvalue weighted by molar-refractivity contribution is 0.472. The monoisotopic (exact) mass is 176 g/mol. The van der Waals surface area contributed by atoms with Gasteiger partial charge in [0, 0.05) is 0 Å². The second-order valence-electron chi connectivity index (χ2n) is 2.58. The number of aromatic hydroxyl groups is 1. The standard InChI is InChI=1S/C8H8N4O/c9-6-2-1-3-7(13)8(6)12-4-10-11-5-12/h1-5,13H,9H2. The lowest BCUT2D eigenvalue weighted by Crippen LogP contribution is -1.97. The van der Waals surface area contributed by atoms with Crippen molar-refractivity contribution in [2.45, 2.75) is 0 Å². The molecule has 2 aromatic rings. The first-order chi connectivity index (χ1) is 6.29. The van der Waals surface area contributed by atoms with Crippen LogP contribution in [-0.2, 0) is 0 Å². The van der Waals surface area contributed by atoms with E-state index in [2.05, 4.69) is 10.2 Å². The third kappa shape index (κ3) is 1.20. The summed E-state index contributed by atoms with van der Waals surface area (Å²) in [6.07, 6.45) is 2.96. The number of para-hydroxylation sites is 1. The fourth-order valence-electron chi connectivity index (χ4n) is 1.15. The highest BCUT2D eigenvalue weighted by Crippen LogP contribution is 2.26. The van der Waals surface area contributed by atoms with Gasteiger partial charge >= 0.3 is 0 Å². The molecular weight excluding hydrogens is 168 g/mol. The lowest BCUT2D eigenvalue weighted by Gasteiger charge is -2.06. The molecule has 5 heteroatoms. The van der Waals surface area contributed by atoms with Crippen LogP contribution < -0.4 is 5.73 Å². The molecule has 1 aromatic heterocycles. The molecule has 1 aromatic carbocycles. The number of benzene rings is 1. The predicted molar refractivity (Wildman–Crippen MR) is 47.4 cm³/mol. The fourth-order valence-corrected chi connectivity index (χ4v) is 1.15. The van der Waals surface area contributed by atoms with Gasteiger partial charge < -0.3 is 10.8 Å². The number of phenolic OH excluding ortho intramolecular Hbond substituents is 1. The molecule has 5 nitrogen and oxygen atoms in total. The molecule has 3 N–H and O–H groups in total. The quantitative estimate of drug-likeness (QED) is 0.622. The molecule has 0 aliphatic rings. The number of hydrogen-bond acceptors (Lipinski definition) is 4. The Morgan fingerprint density at radius 3 is 2.54 bits per heavy atom. The minimum absolute atomic E-state index is 0.111. The van der Waals surface area contributed by atoms with E-state index in [9.17, 15) is 5.11 Å². The average molecular weight is 176 g/mol. The van der Waals surface area contributed by atoms with Crippen LogP contribution in [0.5, 0.6) is 5.75 Å². The van der Waals surface area contributed by atoms with Gasteiger partial charge in [0.25, 0.3) is 0 Å². The molecule has 0 amide bonds. The highest BCUT2D eigenvalue weighted by atomic mass is 16.3. The highest BCUT2D eigenvalue weighted by Gasteiger charge is 2.06. The number of nitrogens with zero attached hydrogens (tertiary/aromatic N) is 3. The number of nitrogens with two attached hydrogens (primary N) is 1. The zero-order valence-corrected chi connectivity index (χ0v) is 6.75. The van der Waals surface area contributed by atoms with Crippen LogP contribution in [0, 0.1) is 0 Å². The maximum absolute atomic E-state index is 9.51. The third-order valence-corrected chi connectivity index (χ3v) is 1.72. The minimum atomic E-state index is 0.111. The first kappa shape index (κ1) is 7.60. The molecule has 1 heterocycles. The Morgan fingerprint density at radius 1 is 1.23 bits per heavy atom. The molecule has 0 saturated carbocycles. The molecule has 0 unspecified atom stereocenters. The molecular formula is C8H8N4O. The number of nitrogen functional groups attached to an aromatic ring is 1. The fraction of sp³-hybridized carbons (Fsp3) is 0. The van der Waals surface area contributed by atoms with Crippen molar-refractivity contribution >= 4 is 5.69 Å². The van der Waals surface area contributed by atoms with Crippen LogP contribution >= 0.6 is 0 Å². The van der Waals surface area contributed by atoms with Crippen LogP contribution in [0.4, 0.5) is 5.69 Å². The predicted octanol–water partition coefficient (Wildman–Crippen LogP) is 0.555. The van der Waals surface area contributed by atoms with E-state index in [1.165, 1.54) is 12.7 Å². The van der Waals surface area contributed by atoms with Gasteiger partial charge in [-0.15, -0.1) is 10.2 Å². The van der Waals surface area contributed by atoms with Gasteiger partial charge in [0.05, 0.1) is 5.69 Å². The van der Waals surface area contributed by atoms with Crippen molar-refractivity contribution in [2.24, 2.45) is 0 Å². The summed E-state index contributed by atoms with van der Waals surface area (Å²) >= 11 is 0. The molecule has 0 aliphatic heterocycles. The van der Waals surface area contributed by atoms with Gasteiger partial charge in [-0.25, -0.2) is 0 Å². The van der Waals surface area contributed by atoms with Gasteiger partial charge in [-0.1, -0.05) is 6.07 Å². The molecule has 0 spiro atoms. The van der Waals surface area contributed by atoms with Crippen molar-refractivity contribution in [3.8, 4) is 11.4 Å². The van der Waals surface area contributed by atoms with Gasteiger partial charge in [0.15, 0.2) is 0 Å². The first-order valence-corrected chi connectivity index (χ1v) is 3.71. The molecule has 13 heavy (non-hydrogen) atoms. The van der Waals surface area contributed by atoms with E-state index >= 15 is 0 Å². The van der Waals surface area contributed by atoms with E-state index in [1.54, 1.807) is 22.8 Å². The SMILES string of the molecule is Nc1cccc(O)c1-n1cnnc1. The maximum atomic E-state index is 9.51. The summed E-state index contributed by atoms with van der Waals surface area (Å²) < 4.78 is 1.56. The Balaban J connectivity index is 2.64. The smallest absolute Gasteiger partial charge is 0.141 e. The first-order valence-electron chi connectivity index (χ1n) is 3.71. The largest absolute Gasteiger partial charge is 0.506 e. The number of anilines is 1. The summed E-state index contributed by atoms with van der Waals surface area (Å²) in [4.78, 5) is 0. The van der Waals surface area contributed by atoms with Crippen LogP contribution in [0.15, 0.2) is 30.9 Å².